The predicted octanol–water partition coefficient (Wildman–Crippen LogP) is 3.68. The molecule has 0 bridgehead atoms. The number of carbonyl (C=O) groups excluding carboxylic acids is 1. The fraction of sp³-hybridized carbons (Fsp3) is 0.296. The van der Waals surface area contributed by atoms with Crippen molar-refractivity contribution in [3.8, 4) is 11.5 Å². The molecule has 12 heteroatoms. The molecule has 2 aliphatic rings. The highest BCUT2D eigenvalue weighted by atomic mass is 35.5. The van der Waals surface area contributed by atoms with Gasteiger partial charge in [0.15, 0.2) is 17.5 Å². The Labute approximate surface area is 236 Å². The lowest BCUT2D eigenvalue weighted by molar-refractivity contribution is -0.141. The number of morpholine rings is 1. The van der Waals surface area contributed by atoms with Crippen molar-refractivity contribution in [2.75, 3.05) is 44.8 Å². The molecule has 39 heavy (non-hydrogen) atoms. The van der Waals surface area contributed by atoms with Crippen LogP contribution in [-0.2, 0) is 25.2 Å². The van der Waals surface area contributed by atoms with E-state index in [4.69, 9.17) is 37.4 Å². The summed E-state index contributed by atoms with van der Waals surface area (Å²) in [5.41, 5.74) is -1.76. The fourth-order valence-corrected chi connectivity index (χ4v) is 7.23. The van der Waals surface area contributed by atoms with Crippen LogP contribution >= 0.6 is 23.2 Å². The number of rotatable bonds is 6. The summed E-state index contributed by atoms with van der Waals surface area (Å²) in [4.78, 5) is 15.6. The molecule has 5 rings (SSSR count). The van der Waals surface area contributed by atoms with Crippen LogP contribution in [0.4, 0.5) is 5.69 Å². The highest BCUT2D eigenvalue weighted by Crippen LogP contribution is 2.52. The van der Waals surface area contributed by atoms with Crippen molar-refractivity contribution in [2.45, 2.75) is 16.5 Å². The molecule has 2 aliphatic heterocycles. The zero-order valence-electron chi connectivity index (χ0n) is 21.1. The van der Waals surface area contributed by atoms with Crippen LogP contribution < -0.4 is 13.8 Å². The zero-order valence-corrected chi connectivity index (χ0v) is 23.5. The molecule has 2 unspecified atom stereocenters. The van der Waals surface area contributed by atoms with Crippen LogP contribution in [0.15, 0.2) is 65.6 Å². The lowest BCUT2D eigenvalue weighted by Gasteiger charge is -2.38. The van der Waals surface area contributed by atoms with Gasteiger partial charge in [-0.1, -0.05) is 41.4 Å². The van der Waals surface area contributed by atoms with Gasteiger partial charge in [0.05, 0.1) is 38.0 Å². The normalized spacial score (nSPS) is 21.0. The number of halogens is 2. The molecule has 0 spiro atoms. The van der Waals surface area contributed by atoms with Crippen molar-refractivity contribution >= 4 is 44.8 Å². The molecule has 2 heterocycles. The Morgan fingerprint density at radius 3 is 2.33 bits per heavy atom. The van der Waals surface area contributed by atoms with Gasteiger partial charge in [-0.05, 0) is 36.4 Å². The highest BCUT2D eigenvalue weighted by molar-refractivity contribution is 7.93. The lowest BCUT2D eigenvalue weighted by Crippen LogP contribution is -2.59. The van der Waals surface area contributed by atoms with E-state index in [9.17, 15) is 18.3 Å². The van der Waals surface area contributed by atoms with E-state index in [0.29, 0.717) is 5.75 Å². The molecule has 0 saturated carbocycles. The number of benzene rings is 3. The molecule has 0 aliphatic carbocycles. The van der Waals surface area contributed by atoms with E-state index in [1.54, 1.807) is 24.3 Å². The van der Waals surface area contributed by atoms with Crippen LogP contribution in [0.25, 0.3) is 0 Å². The number of amides is 1. The van der Waals surface area contributed by atoms with Gasteiger partial charge in [-0.15, -0.1) is 0 Å². The third-order valence-corrected chi connectivity index (χ3v) is 9.33. The van der Waals surface area contributed by atoms with Crippen LogP contribution in [-0.4, -0.2) is 70.9 Å². The molecule has 1 saturated heterocycles. The number of anilines is 1. The van der Waals surface area contributed by atoms with Gasteiger partial charge in [-0.2, -0.15) is 0 Å². The third kappa shape index (κ3) is 4.50. The second kappa shape index (κ2) is 10.5. The van der Waals surface area contributed by atoms with Crippen molar-refractivity contribution in [1.82, 2.24) is 4.90 Å². The van der Waals surface area contributed by atoms with Gasteiger partial charge in [0.25, 0.3) is 10.0 Å². The first kappa shape index (κ1) is 27.5. The number of ether oxygens (including phenoxy) is 3. The number of hydrogen-bond donors (Lipinski definition) is 1. The van der Waals surface area contributed by atoms with E-state index in [0.717, 1.165) is 4.31 Å². The van der Waals surface area contributed by atoms with E-state index in [1.165, 1.54) is 55.5 Å². The SMILES string of the molecule is COc1ccc(S(=O)(=O)N2c3ccc(Cl)cc3C(O)(c3ccccc3Cl)C2C(=O)N2CCOCC2)cc1OC. The standard InChI is InChI=1S/C27H26Cl2N2O7S/c1-36-23-10-8-18(16-24(23)37-2)39(34,35)31-22-9-7-17(28)15-20(22)27(33,19-5-3-4-6-21(19)29)25(31)26(32)30-11-13-38-14-12-30/h3-10,15-16,25,33H,11-14H2,1-2H3. The minimum absolute atomic E-state index is 0.100. The van der Waals surface area contributed by atoms with Gasteiger partial charge < -0.3 is 24.2 Å². The van der Waals surface area contributed by atoms with Crippen molar-refractivity contribution in [1.29, 1.82) is 0 Å². The van der Waals surface area contributed by atoms with Crippen molar-refractivity contribution in [3.63, 3.8) is 0 Å². The van der Waals surface area contributed by atoms with E-state index in [2.05, 4.69) is 0 Å². The molecule has 1 amide bonds. The molecule has 9 nitrogen and oxygen atoms in total. The van der Waals surface area contributed by atoms with Gasteiger partial charge in [-0.3, -0.25) is 4.79 Å². The number of sulfonamides is 1. The number of methoxy groups -OCH3 is 2. The number of hydrogen-bond acceptors (Lipinski definition) is 7. The van der Waals surface area contributed by atoms with Crippen LogP contribution in [0.1, 0.15) is 11.1 Å². The second-order valence-corrected chi connectivity index (χ2v) is 11.7. The maximum atomic E-state index is 14.4. The maximum Gasteiger partial charge on any atom is 0.265 e. The molecular formula is C27H26Cl2N2O7S. The molecule has 206 valence electrons. The number of nitrogens with zero attached hydrogens (tertiary/aromatic N) is 2. The first-order valence-electron chi connectivity index (χ1n) is 12.0. The molecule has 1 N–H and O–H groups in total. The third-order valence-electron chi connectivity index (χ3n) is 6.99. The van der Waals surface area contributed by atoms with E-state index >= 15 is 0 Å². The first-order valence-corrected chi connectivity index (χ1v) is 14.2. The van der Waals surface area contributed by atoms with Gasteiger partial charge in [0.2, 0.25) is 5.91 Å². The Hall–Kier alpha value is -3.02. The van der Waals surface area contributed by atoms with Crippen molar-refractivity contribution in [3.05, 3.63) is 81.8 Å². The van der Waals surface area contributed by atoms with E-state index in [1.807, 2.05) is 0 Å². The summed E-state index contributed by atoms with van der Waals surface area (Å²) in [7, 11) is -1.65. The summed E-state index contributed by atoms with van der Waals surface area (Å²) in [5.74, 6) is -0.0813. The number of aliphatic hydroxyl groups is 1. The number of fused-ring (bicyclic) bond motifs is 1. The van der Waals surface area contributed by atoms with E-state index in [-0.39, 0.29) is 63.8 Å². The fourth-order valence-electron chi connectivity index (χ4n) is 5.12. The minimum atomic E-state index is -4.47. The van der Waals surface area contributed by atoms with Gasteiger partial charge in [-0.25, -0.2) is 12.7 Å². The average Bonchev–Trinajstić information content (AvgIpc) is 3.22. The van der Waals surface area contributed by atoms with Crippen LogP contribution in [0.2, 0.25) is 10.0 Å². The zero-order chi connectivity index (χ0) is 27.9. The first-order chi connectivity index (χ1) is 18.6. The van der Waals surface area contributed by atoms with Gasteiger partial charge >= 0.3 is 0 Å². The summed E-state index contributed by atoms with van der Waals surface area (Å²) in [6.07, 6.45) is 0. The molecule has 3 aromatic rings. The molecule has 0 aromatic heterocycles. The van der Waals surface area contributed by atoms with Crippen LogP contribution in [0.3, 0.4) is 0 Å². The molecule has 1 fully saturated rings. The summed E-state index contributed by atoms with van der Waals surface area (Å²) in [6.45, 7) is 1.03. The average molecular weight is 593 g/mol. The Morgan fingerprint density at radius 1 is 0.974 bits per heavy atom. The molecule has 3 aromatic carbocycles. The maximum absolute atomic E-state index is 14.4. The molecule has 0 radical (unpaired) electrons. The van der Waals surface area contributed by atoms with Crippen molar-refractivity contribution in [2.24, 2.45) is 0 Å². The molecule has 2 atom stereocenters. The van der Waals surface area contributed by atoms with Crippen LogP contribution in [0.5, 0.6) is 11.5 Å². The Kier molecular flexibility index (Phi) is 7.43. The predicted molar refractivity (Wildman–Crippen MR) is 146 cm³/mol. The van der Waals surface area contributed by atoms with Gasteiger partial charge in [0.1, 0.15) is 5.60 Å². The monoisotopic (exact) mass is 592 g/mol. The Balaban J connectivity index is 1.78. The molecular weight excluding hydrogens is 567 g/mol. The smallest absolute Gasteiger partial charge is 0.265 e. The highest BCUT2D eigenvalue weighted by Gasteiger charge is 2.60. The lowest BCUT2D eigenvalue weighted by atomic mass is 9.82. The summed E-state index contributed by atoms with van der Waals surface area (Å²) < 4.78 is 45.8. The Bertz CT molecular complexity index is 1530. The largest absolute Gasteiger partial charge is 0.493 e. The summed E-state index contributed by atoms with van der Waals surface area (Å²) in [5, 5.41) is 13.0. The topological polar surface area (TPSA) is 106 Å². The van der Waals surface area contributed by atoms with Crippen LogP contribution in [0, 0.1) is 0 Å². The van der Waals surface area contributed by atoms with Gasteiger partial charge in [0, 0.05) is 40.3 Å². The summed E-state index contributed by atoms with van der Waals surface area (Å²) >= 11 is 12.9. The quantitative estimate of drug-likeness (QED) is 0.465. The van der Waals surface area contributed by atoms with E-state index < -0.39 is 27.6 Å². The number of carbonyl (C=O) groups is 1. The summed E-state index contributed by atoms with van der Waals surface area (Å²) in [6, 6.07) is 13.4. The second-order valence-electron chi connectivity index (χ2n) is 9.07. The minimum Gasteiger partial charge on any atom is -0.493 e. The van der Waals surface area contributed by atoms with Crippen molar-refractivity contribution < 1.29 is 32.5 Å². The Morgan fingerprint density at radius 2 is 1.67 bits per heavy atom.